The second-order valence-electron chi connectivity index (χ2n) is 13.2. The molecule has 2 aromatic heterocycles. The largest absolute Gasteiger partial charge is 0.496 e. The Bertz CT molecular complexity index is 1840. The maximum absolute atomic E-state index is 14.2. The maximum atomic E-state index is 14.2. The summed E-state index contributed by atoms with van der Waals surface area (Å²) >= 11 is 0. The van der Waals surface area contributed by atoms with Crippen molar-refractivity contribution in [1.82, 2.24) is 24.3 Å². The molecule has 4 heterocycles. The van der Waals surface area contributed by atoms with Crippen LogP contribution in [0, 0.1) is 11.2 Å². The minimum Gasteiger partial charge on any atom is -0.496 e. The van der Waals surface area contributed by atoms with Crippen LogP contribution in [0.3, 0.4) is 0 Å². The number of fused-ring (bicyclic) bond motifs is 1. The van der Waals surface area contributed by atoms with E-state index in [0.717, 1.165) is 85.7 Å². The van der Waals surface area contributed by atoms with Crippen molar-refractivity contribution in [2.45, 2.75) is 51.2 Å². The third-order valence-electron chi connectivity index (χ3n) is 10.2. The van der Waals surface area contributed by atoms with Gasteiger partial charge in [-0.3, -0.25) is 9.78 Å². The van der Waals surface area contributed by atoms with E-state index in [9.17, 15) is 9.18 Å². The van der Waals surface area contributed by atoms with Crippen molar-refractivity contribution in [2.24, 2.45) is 5.41 Å². The molecule has 0 saturated carbocycles. The number of pyridine rings is 1. The quantitative estimate of drug-likeness (QED) is 0.166. The third-order valence-corrected chi connectivity index (χ3v) is 10.2. The summed E-state index contributed by atoms with van der Waals surface area (Å²) < 4.78 is 21.6. The minimum absolute atomic E-state index is 0.183. The summed E-state index contributed by atoms with van der Waals surface area (Å²) in [6, 6.07) is 27.2. The lowest BCUT2D eigenvalue weighted by molar-refractivity contribution is -0.137. The molecule has 8 nitrogen and oxygen atoms in total. The molecule has 1 unspecified atom stereocenters. The van der Waals surface area contributed by atoms with E-state index in [2.05, 4.69) is 38.0 Å². The molecule has 1 amide bonds. The van der Waals surface area contributed by atoms with Gasteiger partial charge in [0.25, 0.3) is 0 Å². The molecule has 2 aliphatic heterocycles. The molecule has 2 saturated heterocycles. The van der Waals surface area contributed by atoms with Gasteiger partial charge < -0.3 is 24.4 Å². The first kappa shape index (κ1) is 31.8. The Labute approximate surface area is 281 Å². The first-order valence-electron chi connectivity index (χ1n) is 17.0. The molecule has 0 aliphatic carbocycles. The van der Waals surface area contributed by atoms with Crippen LogP contribution < -0.4 is 10.1 Å². The van der Waals surface area contributed by atoms with Crippen LogP contribution in [0.15, 0.2) is 97.3 Å². The van der Waals surface area contributed by atoms with Gasteiger partial charge in [-0.25, -0.2) is 9.37 Å². The van der Waals surface area contributed by atoms with Gasteiger partial charge in [0.2, 0.25) is 11.9 Å². The third kappa shape index (κ3) is 6.92. The number of rotatable bonds is 12. The zero-order valence-electron chi connectivity index (χ0n) is 27.5. The number of nitrogens with zero attached hydrogens (tertiary/aromatic N) is 5. The number of piperidine rings is 1. The van der Waals surface area contributed by atoms with E-state index in [-0.39, 0.29) is 11.7 Å². The number of hydrogen-bond acceptors (Lipinski definition) is 6. The summed E-state index contributed by atoms with van der Waals surface area (Å²) in [5.41, 5.74) is 4.77. The molecule has 248 valence electrons. The van der Waals surface area contributed by atoms with E-state index in [1.54, 1.807) is 7.11 Å². The number of amides is 1. The number of hydrogen-bond donors (Lipinski definition) is 1. The Morgan fingerprint density at radius 3 is 2.44 bits per heavy atom. The second kappa shape index (κ2) is 14.2. The molecule has 1 atom stereocenters. The van der Waals surface area contributed by atoms with Gasteiger partial charge in [0.15, 0.2) is 0 Å². The summed E-state index contributed by atoms with van der Waals surface area (Å²) in [5, 5.41) is 3.77. The van der Waals surface area contributed by atoms with Crippen LogP contribution >= 0.6 is 0 Å². The number of halogens is 1. The molecule has 7 rings (SSSR count). The Morgan fingerprint density at radius 2 is 1.65 bits per heavy atom. The van der Waals surface area contributed by atoms with Gasteiger partial charge in [-0.05, 0) is 92.2 Å². The number of nitrogens with one attached hydrogen (secondary N) is 1. The van der Waals surface area contributed by atoms with E-state index >= 15 is 0 Å². The van der Waals surface area contributed by atoms with E-state index < -0.39 is 5.41 Å². The van der Waals surface area contributed by atoms with Crippen molar-refractivity contribution in [2.75, 3.05) is 38.6 Å². The number of imidazole rings is 1. The molecule has 0 spiro atoms. The number of para-hydroxylation sites is 3. The van der Waals surface area contributed by atoms with E-state index in [0.29, 0.717) is 25.6 Å². The zero-order chi connectivity index (χ0) is 32.9. The second-order valence-corrected chi connectivity index (χ2v) is 13.2. The van der Waals surface area contributed by atoms with Gasteiger partial charge >= 0.3 is 0 Å². The molecule has 48 heavy (non-hydrogen) atoms. The minimum atomic E-state index is -0.521. The lowest BCUT2D eigenvalue weighted by atomic mass is 9.77. The van der Waals surface area contributed by atoms with Crippen LogP contribution in [-0.2, 0) is 24.3 Å². The molecule has 2 fully saturated rings. The highest BCUT2D eigenvalue weighted by molar-refractivity contribution is 5.85. The fourth-order valence-corrected chi connectivity index (χ4v) is 7.43. The zero-order valence-corrected chi connectivity index (χ0v) is 27.5. The Balaban J connectivity index is 1.01. The van der Waals surface area contributed by atoms with Gasteiger partial charge in [-0.2, -0.15) is 0 Å². The van der Waals surface area contributed by atoms with Crippen molar-refractivity contribution in [3.05, 3.63) is 120 Å². The van der Waals surface area contributed by atoms with Crippen molar-refractivity contribution in [3.8, 4) is 5.75 Å². The SMILES string of the molecule is COc1ccccc1CN1CCC(CCN2CCC(Nc3nc4ccccc4n3Cc3ccncc3)CC2)(Cc2ccc(F)cc2)C1=O. The first-order valence-corrected chi connectivity index (χ1v) is 17.0. The fourth-order valence-electron chi connectivity index (χ4n) is 7.43. The highest BCUT2D eigenvalue weighted by Gasteiger charge is 2.46. The summed E-state index contributed by atoms with van der Waals surface area (Å²) in [4.78, 5) is 27.9. The number of aromatic nitrogens is 3. The number of carbonyl (C=O) groups is 1. The average molecular weight is 647 g/mol. The Hall–Kier alpha value is -4.76. The van der Waals surface area contributed by atoms with Gasteiger partial charge in [0.05, 0.1) is 30.1 Å². The lowest BCUT2D eigenvalue weighted by Gasteiger charge is -2.35. The Morgan fingerprint density at radius 1 is 0.896 bits per heavy atom. The van der Waals surface area contributed by atoms with E-state index in [4.69, 9.17) is 9.72 Å². The molecule has 0 radical (unpaired) electrons. The van der Waals surface area contributed by atoms with E-state index in [1.807, 2.05) is 71.9 Å². The molecule has 3 aromatic carbocycles. The molecule has 1 N–H and O–H groups in total. The normalized spacial score (nSPS) is 18.9. The lowest BCUT2D eigenvalue weighted by Crippen LogP contribution is -2.43. The van der Waals surface area contributed by atoms with Crippen LogP contribution in [0.5, 0.6) is 5.75 Å². The smallest absolute Gasteiger partial charge is 0.229 e. The molecular weight excluding hydrogens is 603 g/mol. The first-order chi connectivity index (χ1) is 23.5. The molecule has 5 aromatic rings. The Kier molecular flexibility index (Phi) is 9.38. The van der Waals surface area contributed by atoms with E-state index in [1.165, 1.54) is 17.7 Å². The number of benzene rings is 3. The summed E-state index contributed by atoms with van der Waals surface area (Å²) in [7, 11) is 1.67. The van der Waals surface area contributed by atoms with Crippen LogP contribution in [0.1, 0.15) is 42.4 Å². The molecule has 2 aliphatic rings. The van der Waals surface area contributed by atoms with Crippen LogP contribution in [0.25, 0.3) is 11.0 Å². The highest BCUT2D eigenvalue weighted by atomic mass is 19.1. The number of likely N-dealkylation sites (tertiary alicyclic amines) is 2. The van der Waals surface area contributed by atoms with Gasteiger partial charge in [0.1, 0.15) is 11.6 Å². The van der Waals surface area contributed by atoms with Crippen molar-refractivity contribution >= 4 is 22.9 Å². The standard InChI is InChI=1S/C39H43FN6O2/c1-48-36-9-5-2-6-31(36)28-45-25-19-39(37(45)47,26-29-10-12-32(40)13-11-29)18-24-44-22-16-33(17-23-44)42-38-43-34-7-3-4-8-35(34)46(38)27-30-14-20-41-21-15-30/h2-15,20-21,33H,16-19,22-28H2,1H3,(H,42,43). The van der Waals surface area contributed by atoms with Crippen LogP contribution in [0.2, 0.25) is 0 Å². The summed E-state index contributed by atoms with van der Waals surface area (Å²) in [6.45, 7) is 4.70. The monoisotopic (exact) mass is 646 g/mol. The number of carbonyl (C=O) groups excluding carboxylic acids is 1. The summed E-state index contributed by atoms with van der Waals surface area (Å²) in [5.74, 6) is 1.62. The predicted molar refractivity (Wildman–Crippen MR) is 186 cm³/mol. The molecule has 0 bridgehead atoms. The molecule has 9 heteroatoms. The van der Waals surface area contributed by atoms with Crippen LogP contribution in [0.4, 0.5) is 10.3 Å². The fraction of sp³-hybridized carbons (Fsp3) is 0.359. The topological polar surface area (TPSA) is 75.5 Å². The predicted octanol–water partition coefficient (Wildman–Crippen LogP) is 6.56. The highest BCUT2D eigenvalue weighted by Crippen LogP contribution is 2.40. The van der Waals surface area contributed by atoms with Gasteiger partial charge in [-0.15, -0.1) is 0 Å². The molecular formula is C39H43FN6O2. The van der Waals surface area contributed by atoms with Crippen LogP contribution in [-0.4, -0.2) is 69.6 Å². The van der Waals surface area contributed by atoms with Gasteiger partial charge in [-0.1, -0.05) is 42.5 Å². The van der Waals surface area contributed by atoms with Crippen molar-refractivity contribution in [3.63, 3.8) is 0 Å². The van der Waals surface area contributed by atoms with Crippen molar-refractivity contribution in [1.29, 1.82) is 0 Å². The number of anilines is 1. The number of ether oxygens (including phenoxy) is 1. The van der Waals surface area contributed by atoms with Crippen molar-refractivity contribution < 1.29 is 13.9 Å². The number of methoxy groups -OCH3 is 1. The average Bonchev–Trinajstić information content (AvgIpc) is 3.62. The summed E-state index contributed by atoms with van der Waals surface area (Å²) in [6.07, 6.45) is 7.82. The maximum Gasteiger partial charge on any atom is 0.229 e. The van der Waals surface area contributed by atoms with Gasteiger partial charge in [0, 0.05) is 50.2 Å².